The molecule has 0 aliphatic carbocycles. The van der Waals surface area contributed by atoms with E-state index in [1.54, 1.807) is 7.11 Å². The Morgan fingerprint density at radius 3 is 2.08 bits per heavy atom. The number of rotatable bonds is 10. The van der Waals surface area contributed by atoms with Crippen molar-refractivity contribution in [3.05, 3.63) is 59.7 Å². The third-order valence-corrected chi connectivity index (χ3v) is 5.62. The second-order valence-corrected chi connectivity index (χ2v) is 8.40. The lowest BCUT2D eigenvalue weighted by Crippen LogP contribution is -2.28. The zero-order valence-corrected chi connectivity index (χ0v) is 16.6. The van der Waals surface area contributed by atoms with Crippen LogP contribution < -0.4 is 14.4 Å². The van der Waals surface area contributed by atoms with E-state index < -0.39 is 10.0 Å². The van der Waals surface area contributed by atoms with Crippen LogP contribution >= 0.6 is 0 Å². The van der Waals surface area contributed by atoms with E-state index in [4.69, 9.17) is 4.74 Å². The van der Waals surface area contributed by atoms with Gasteiger partial charge in [-0.2, -0.15) is 0 Å². The van der Waals surface area contributed by atoms with Crippen molar-refractivity contribution in [2.24, 2.45) is 0 Å². The molecule has 2 aromatic carbocycles. The lowest BCUT2D eigenvalue weighted by atomic mass is 10.1. The fraction of sp³-hybridized carbons (Fsp3) is 0.400. The molecule has 0 amide bonds. The van der Waals surface area contributed by atoms with Crippen LogP contribution in [0.2, 0.25) is 0 Å². The summed E-state index contributed by atoms with van der Waals surface area (Å²) >= 11 is 0. The number of hydrogen-bond donors (Lipinski definition) is 1. The molecule has 0 bridgehead atoms. The van der Waals surface area contributed by atoms with Crippen LogP contribution in [0.5, 0.6) is 5.75 Å². The zero-order chi connectivity index (χ0) is 19.0. The van der Waals surface area contributed by atoms with Gasteiger partial charge in [0.1, 0.15) is 5.75 Å². The topological polar surface area (TPSA) is 58.6 Å². The second-order valence-electron chi connectivity index (χ2n) is 6.48. The van der Waals surface area contributed by atoms with Crippen LogP contribution in [-0.4, -0.2) is 41.9 Å². The summed E-state index contributed by atoms with van der Waals surface area (Å²) in [4.78, 5) is 2.06. The molecule has 1 N–H and O–H groups in total. The highest BCUT2D eigenvalue weighted by atomic mass is 32.2. The highest BCUT2D eigenvalue weighted by molar-refractivity contribution is 7.89. The largest absolute Gasteiger partial charge is 0.497 e. The molecule has 0 radical (unpaired) electrons. The number of hydrogen-bond acceptors (Lipinski definition) is 4. The molecule has 2 rings (SSSR count). The Labute approximate surface area is 157 Å². The van der Waals surface area contributed by atoms with Gasteiger partial charge in [0.05, 0.1) is 12.9 Å². The number of aryl methyl sites for hydroxylation is 2. The average molecular weight is 377 g/mol. The maximum Gasteiger partial charge on any atom is 0.211 e. The molecular formula is C20H28N2O3S. The Balaban J connectivity index is 1.71. The molecule has 5 nitrogen and oxygen atoms in total. The van der Waals surface area contributed by atoms with Crippen LogP contribution in [0.25, 0.3) is 0 Å². The maximum atomic E-state index is 12.1. The van der Waals surface area contributed by atoms with Crippen molar-refractivity contribution in [2.75, 3.05) is 38.4 Å². The predicted molar refractivity (Wildman–Crippen MR) is 108 cm³/mol. The third-order valence-electron chi connectivity index (χ3n) is 4.24. The van der Waals surface area contributed by atoms with Gasteiger partial charge in [0.25, 0.3) is 0 Å². The molecule has 0 unspecified atom stereocenters. The van der Waals surface area contributed by atoms with Crippen LogP contribution in [0.3, 0.4) is 0 Å². The number of nitrogens with one attached hydrogen (secondary N) is 1. The monoisotopic (exact) mass is 376 g/mol. The molecule has 0 aliphatic heterocycles. The van der Waals surface area contributed by atoms with Crippen molar-refractivity contribution in [2.45, 2.75) is 19.3 Å². The average Bonchev–Trinajstić information content (AvgIpc) is 2.64. The first kappa shape index (κ1) is 20.3. The van der Waals surface area contributed by atoms with E-state index in [0.717, 1.165) is 29.8 Å². The van der Waals surface area contributed by atoms with Gasteiger partial charge in [-0.25, -0.2) is 13.1 Å². The number of benzene rings is 2. The van der Waals surface area contributed by atoms with Gasteiger partial charge in [-0.05, 0) is 54.7 Å². The molecular weight excluding hydrogens is 348 g/mol. The minimum atomic E-state index is -3.26. The van der Waals surface area contributed by atoms with E-state index in [-0.39, 0.29) is 5.75 Å². The summed E-state index contributed by atoms with van der Waals surface area (Å²) < 4.78 is 32.0. The number of sulfonamides is 1. The SMILES string of the molecule is COc1ccc(CCS(=O)(=O)NCCCc2ccc(N(C)C)cc2)cc1. The van der Waals surface area contributed by atoms with Crippen molar-refractivity contribution in [1.82, 2.24) is 4.72 Å². The number of methoxy groups -OCH3 is 1. The number of ether oxygens (including phenoxy) is 1. The standard InChI is InChI=1S/C20H28N2O3S/c1-22(2)19-10-6-17(7-11-19)5-4-15-21-26(23,24)16-14-18-8-12-20(25-3)13-9-18/h6-13,21H,4-5,14-16H2,1-3H3. The normalized spacial score (nSPS) is 11.3. The van der Waals surface area contributed by atoms with E-state index in [1.807, 2.05) is 38.4 Å². The molecule has 0 fully saturated rings. The van der Waals surface area contributed by atoms with Crippen molar-refractivity contribution >= 4 is 15.7 Å². The van der Waals surface area contributed by atoms with Crippen molar-refractivity contribution < 1.29 is 13.2 Å². The Morgan fingerprint density at radius 1 is 0.923 bits per heavy atom. The van der Waals surface area contributed by atoms with E-state index in [0.29, 0.717) is 13.0 Å². The summed E-state index contributed by atoms with van der Waals surface area (Å²) in [7, 11) is 2.37. The van der Waals surface area contributed by atoms with Crippen LogP contribution in [0, 0.1) is 0 Å². The maximum absolute atomic E-state index is 12.1. The fourth-order valence-electron chi connectivity index (χ4n) is 2.60. The first-order chi connectivity index (χ1) is 12.4. The van der Waals surface area contributed by atoms with E-state index in [9.17, 15) is 8.42 Å². The van der Waals surface area contributed by atoms with Gasteiger partial charge in [-0.3, -0.25) is 0 Å². The molecule has 0 aliphatic rings. The zero-order valence-electron chi connectivity index (χ0n) is 15.7. The van der Waals surface area contributed by atoms with Crippen LogP contribution in [0.1, 0.15) is 17.5 Å². The second kappa shape index (κ2) is 9.59. The highest BCUT2D eigenvalue weighted by Gasteiger charge is 2.10. The summed E-state index contributed by atoms with van der Waals surface area (Å²) in [5.41, 5.74) is 3.36. The van der Waals surface area contributed by atoms with Crippen molar-refractivity contribution in [3.8, 4) is 5.75 Å². The van der Waals surface area contributed by atoms with Crippen molar-refractivity contribution in [3.63, 3.8) is 0 Å². The van der Waals surface area contributed by atoms with Gasteiger partial charge in [-0.1, -0.05) is 24.3 Å². The molecule has 2 aromatic rings. The summed E-state index contributed by atoms with van der Waals surface area (Å²) in [6, 6.07) is 15.8. The van der Waals surface area contributed by atoms with E-state index >= 15 is 0 Å². The first-order valence-electron chi connectivity index (χ1n) is 8.76. The molecule has 26 heavy (non-hydrogen) atoms. The molecule has 0 spiro atoms. The minimum Gasteiger partial charge on any atom is -0.497 e. The Bertz CT molecular complexity index is 770. The molecule has 0 atom stereocenters. The number of nitrogens with zero attached hydrogens (tertiary/aromatic N) is 1. The highest BCUT2D eigenvalue weighted by Crippen LogP contribution is 2.14. The van der Waals surface area contributed by atoms with Crippen LogP contribution in [-0.2, 0) is 22.9 Å². The summed E-state index contributed by atoms with van der Waals surface area (Å²) in [6.45, 7) is 0.459. The van der Waals surface area contributed by atoms with Gasteiger partial charge >= 0.3 is 0 Å². The van der Waals surface area contributed by atoms with Crippen LogP contribution in [0.15, 0.2) is 48.5 Å². The van der Waals surface area contributed by atoms with Gasteiger partial charge in [0.2, 0.25) is 10.0 Å². The molecule has 142 valence electrons. The van der Waals surface area contributed by atoms with Crippen molar-refractivity contribution in [1.29, 1.82) is 0 Å². The number of anilines is 1. The molecule has 6 heteroatoms. The van der Waals surface area contributed by atoms with Gasteiger partial charge in [-0.15, -0.1) is 0 Å². The Hall–Kier alpha value is -2.05. The molecule has 0 saturated carbocycles. The molecule has 0 saturated heterocycles. The van der Waals surface area contributed by atoms with E-state index in [1.165, 1.54) is 5.56 Å². The lowest BCUT2D eigenvalue weighted by molar-refractivity contribution is 0.414. The Kier molecular flexibility index (Phi) is 7.48. The van der Waals surface area contributed by atoms with Gasteiger partial charge < -0.3 is 9.64 Å². The van der Waals surface area contributed by atoms with Gasteiger partial charge in [0, 0.05) is 26.3 Å². The molecule has 0 aromatic heterocycles. The predicted octanol–water partition coefficient (Wildman–Crippen LogP) is 2.86. The summed E-state index contributed by atoms with van der Waals surface area (Å²) in [6.07, 6.45) is 2.13. The van der Waals surface area contributed by atoms with E-state index in [2.05, 4.69) is 33.9 Å². The molecule has 0 heterocycles. The van der Waals surface area contributed by atoms with Crippen LogP contribution in [0.4, 0.5) is 5.69 Å². The smallest absolute Gasteiger partial charge is 0.211 e. The fourth-order valence-corrected chi connectivity index (χ4v) is 3.70. The Morgan fingerprint density at radius 2 is 1.50 bits per heavy atom. The van der Waals surface area contributed by atoms with Gasteiger partial charge in [0.15, 0.2) is 0 Å². The summed E-state index contributed by atoms with van der Waals surface area (Å²) in [5, 5.41) is 0. The quantitative estimate of drug-likeness (QED) is 0.648. The minimum absolute atomic E-state index is 0.0941. The summed E-state index contributed by atoms with van der Waals surface area (Å²) in [5.74, 6) is 0.866. The third kappa shape index (κ3) is 6.69. The lowest BCUT2D eigenvalue weighted by Gasteiger charge is -2.12. The first-order valence-corrected chi connectivity index (χ1v) is 10.4.